The minimum absolute atomic E-state index is 0.119. The molecule has 1 amide bonds. The van der Waals surface area contributed by atoms with Crippen LogP contribution in [0.15, 0.2) is 36.5 Å². The van der Waals surface area contributed by atoms with E-state index in [1.807, 2.05) is 32.4 Å². The van der Waals surface area contributed by atoms with Crippen molar-refractivity contribution < 1.29 is 13.2 Å². The summed E-state index contributed by atoms with van der Waals surface area (Å²) in [7, 11) is -3.35. The smallest absolute Gasteiger partial charge is 0.256 e. The minimum atomic E-state index is -3.35. The fourth-order valence-corrected chi connectivity index (χ4v) is 3.50. The SMILES string of the molecule is CC(C)c1cc(C(=O)Nc2ccc(NS(C)(=O)=O)cc2)c2cnn(C(C)C)c2n1. The molecule has 0 radical (unpaired) electrons. The van der Waals surface area contributed by atoms with Gasteiger partial charge in [0.05, 0.1) is 23.4 Å². The number of nitrogens with zero attached hydrogens (tertiary/aromatic N) is 3. The highest BCUT2D eigenvalue weighted by molar-refractivity contribution is 7.92. The Morgan fingerprint density at radius 3 is 2.24 bits per heavy atom. The third-order valence-electron chi connectivity index (χ3n) is 4.36. The number of carbonyl (C=O) groups excluding carboxylic acids is 1. The second-order valence-electron chi connectivity index (χ2n) is 7.58. The Hall–Kier alpha value is -2.94. The summed E-state index contributed by atoms with van der Waals surface area (Å²) in [5.74, 6) is -0.116. The van der Waals surface area contributed by atoms with E-state index < -0.39 is 10.0 Å². The van der Waals surface area contributed by atoms with Crippen LogP contribution in [0.4, 0.5) is 11.4 Å². The molecule has 0 unspecified atom stereocenters. The first-order valence-corrected chi connectivity index (χ1v) is 11.2. The van der Waals surface area contributed by atoms with Crippen LogP contribution in [0.3, 0.4) is 0 Å². The van der Waals surface area contributed by atoms with Gasteiger partial charge < -0.3 is 5.32 Å². The number of aromatic nitrogens is 3. The summed E-state index contributed by atoms with van der Waals surface area (Å²) in [6, 6.07) is 8.39. The van der Waals surface area contributed by atoms with Crippen LogP contribution in [-0.2, 0) is 10.0 Å². The van der Waals surface area contributed by atoms with Crippen molar-refractivity contribution in [1.82, 2.24) is 14.8 Å². The largest absolute Gasteiger partial charge is 0.322 e. The Kier molecular flexibility index (Phi) is 5.61. The lowest BCUT2D eigenvalue weighted by Gasteiger charge is -2.12. The van der Waals surface area contributed by atoms with E-state index in [-0.39, 0.29) is 17.9 Å². The van der Waals surface area contributed by atoms with Crippen molar-refractivity contribution >= 4 is 38.3 Å². The molecular weight excluding hydrogens is 390 g/mol. The summed E-state index contributed by atoms with van der Waals surface area (Å²) in [6.07, 6.45) is 2.75. The quantitative estimate of drug-likeness (QED) is 0.638. The zero-order valence-corrected chi connectivity index (χ0v) is 17.9. The first-order chi connectivity index (χ1) is 13.5. The zero-order valence-electron chi connectivity index (χ0n) is 17.1. The topological polar surface area (TPSA) is 106 Å². The molecule has 154 valence electrons. The number of rotatable bonds is 6. The van der Waals surface area contributed by atoms with Gasteiger partial charge in [0.15, 0.2) is 5.65 Å². The molecule has 0 saturated carbocycles. The summed E-state index contributed by atoms with van der Waals surface area (Å²) in [5, 5.41) is 7.95. The molecule has 0 aliphatic heterocycles. The first-order valence-electron chi connectivity index (χ1n) is 9.32. The van der Waals surface area contributed by atoms with Gasteiger partial charge in [-0.1, -0.05) is 13.8 Å². The van der Waals surface area contributed by atoms with Crippen molar-refractivity contribution in [3.63, 3.8) is 0 Å². The number of pyridine rings is 1. The van der Waals surface area contributed by atoms with Gasteiger partial charge in [-0.2, -0.15) is 5.10 Å². The molecule has 2 heterocycles. The maximum absolute atomic E-state index is 13.0. The molecule has 2 aromatic heterocycles. The number of benzene rings is 1. The zero-order chi connectivity index (χ0) is 21.3. The lowest BCUT2D eigenvalue weighted by molar-refractivity contribution is 0.102. The monoisotopic (exact) mass is 415 g/mol. The Labute approximate surface area is 170 Å². The van der Waals surface area contributed by atoms with Gasteiger partial charge in [0.2, 0.25) is 10.0 Å². The van der Waals surface area contributed by atoms with E-state index in [2.05, 4.69) is 15.1 Å². The highest BCUT2D eigenvalue weighted by atomic mass is 32.2. The van der Waals surface area contributed by atoms with E-state index in [4.69, 9.17) is 4.98 Å². The van der Waals surface area contributed by atoms with E-state index in [0.29, 0.717) is 28.0 Å². The fourth-order valence-electron chi connectivity index (χ4n) is 2.93. The second-order valence-corrected chi connectivity index (χ2v) is 9.32. The molecule has 8 nitrogen and oxygen atoms in total. The molecule has 0 atom stereocenters. The van der Waals surface area contributed by atoms with Gasteiger partial charge >= 0.3 is 0 Å². The molecule has 1 aromatic carbocycles. The number of hydrogen-bond donors (Lipinski definition) is 2. The number of sulfonamides is 1. The van der Waals surface area contributed by atoms with Crippen molar-refractivity contribution in [2.75, 3.05) is 16.3 Å². The summed E-state index contributed by atoms with van der Waals surface area (Å²) in [6.45, 7) is 8.09. The van der Waals surface area contributed by atoms with Crippen molar-refractivity contribution in [3.05, 3.63) is 47.8 Å². The molecule has 3 rings (SSSR count). The number of fused-ring (bicyclic) bond motifs is 1. The van der Waals surface area contributed by atoms with Crippen molar-refractivity contribution in [3.8, 4) is 0 Å². The van der Waals surface area contributed by atoms with Crippen LogP contribution in [0.1, 0.15) is 55.7 Å². The Balaban J connectivity index is 1.94. The minimum Gasteiger partial charge on any atom is -0.322 e. The molecule has 2 N–H and O–H groups in total. The van der Waals surface area contributed by atoms with Crippen LogP contribution in [0.2, 0.25) is 0 Å². The molecular formula is C20H25N5O3S. The van der Waals surface area contributed by atoms with Crippen LogP contribution in [0.25, 0.3) is 11.0 Å². The molecule has 9 heteroatoms. The van der Waals surface area contributed by atoms with E-state index in [1.165, 1.54) is 0 Å². The van der Waals surface area contributed by atoms with Gasteiger partial charge in [0, 0.05) is 23.1 Å². The Morgan fingerprint density at radius 1 is 1.07 bits per heavy atom. The van der Waals surface area contributed by atoms with Crippen molar-refractivity contribution in [2.24, 2.45) is 0 Å². The molecule has 3 aromatic rings. The fraction of sp³-hybridized carbons (Fsp3) is 0.350. The summed E-state index contributed by atoms with van der Waals surface area (Å²) in [4.78, 5) is 17.7. The van der Waals surface area contributed by atoms with Crippen molar-refractivity contribution in [1.29, 1.82) is 0 Å². The van der Waals surface area contributed by atoms with Crippen LogP contribution >= 0.6 is 0 Å². The highest BCUT2D eigenvalue weighted by Gasteiger charge is 2.19. The standard InChI is InChI=1S/C20H25N5O3S/c1-12(2)18-10-16(17-11-21-25(13(3)4)19(17)23-18)20(26)22-14-6-8-15(9-7-14)24-29(5,27)28/h6-13,24H,1-5H3,(H,22,26). The van der Waals surface area contributed by atoms with Gasteiger partial charge in [-0.15, -0.1) is 0 Å². The van der Waals surface area contributed by atoms with E-state index in [0.717, 1.165) is 11.9 Å². The summed E-state index contributed by atoms with van der Waals surface area (Å²) in [5.41, 5.74) is 2.99. The predicted octanol–water partition coefficient (Wildman–Crippen LogP) is 3.76. The number of anilines is 2. The number of amides is 1. The first kappa shape index (κ1) is 20.8. The lowest BCUT2D eigenvalue weighted by Crippen LogP contribution is -2.14. The third kappa shape index (κ3) is 4.73. The van der Waals surface area contributed by atoms with Crippen LogP contribution in [0.5, 0.6) is 0 Å². The third-order valence-corrected chi connectivity index (χ3v) is 4.96. The normalized spacial score (nSPS) is 12.0. The highest BCUT2D eigenvalue weighted by Crippen LogP contribution is 2.25. The van der Waals surface area contributed by atoms with E-state index in [9.17, 15) is 13.2 Å². The van der Waals surface area contributed by atoms with Gasteiger partial charge in [-0.3, -0.25) is 9.52 Å². The molecule has 0 saturated heterocycles. The average molecular weight is 416 g/mol. The van der Waals surface area contributed by atoms with Gasteiger partial charge in [-0.25, -0.2) is 18.1 Å². The second kappa shape index (κ2) is 7.82. The maximum Gasteiger partial charge on any atom is 0.256 e. The molecule has 0 aliphatic rings. The lowest BCUT2D eigenvalue weighted by atomic mass is 10.0. The number of nitrogens with one attached hydrogen (secondary N) is 2. The molecule has 0 aliphatic carbocycles. The number of carbonyl (C=O) groups is 1. The predicted molar refractivity (Wildman–Crippen MR) is 115 cm³/mol. The van der Waals surface area contributed by atoms with Crippen LogP contribution in [0, 0.1) is 0 Å². The molecule has 29 heavy (non-hydrogen) atoms. The van der Waals surface area contributed by atoms with Gasteiger partial charge in [0.1, 0.15) is 0 Å². The maximum atomic E-state index is 13.0. The molecule has 0 bridgehead atoms. The van der Waals surface area contributed by atoms with Gasteiger partial charge in [-0.05, 0) is 50.1 Å². The van der Waals surface area contributed by atoms with Crippen LogP contribution in [-0.4, -0.2) is 35.3 Å². The molecule has 0 spiro atoms. The van der Waals surface area contributed by atoms with E-state index >= 15 is 0 Å². The van der Waals surface area contributed by atoms with Crippen molar-refractivity contribution in [2.45, 2.75) is 39.7 Å². The van der Waals surface area contributed by atoms with E-state index in [1.54, 1.807) is 36.5 Å². The number of hydrogen-bond acceptors (Lipinski definition) is 5. The van der Waals surface area contributed by atoms with Gasteiger partial charge in [0.25, 0.3) is 5.91 Å². The average Bonchev–Trinajstić information content (AvgIpc) is 3.05. The van der Waals surface area contributed by atoms with Crippen LogP contribution < -0.4 is 10.0 Å². The summed E-state index contributed by atoms with van der Waals surface area (Å²) < 4.78 is 26.8. The summed E-state index contributed by atoms with van der Waals surface area (Å²) >= 11 is 0. The molecule has 0 fully saturated rings. The Morgan fingerprint density at radius 2 is 1.69 bits per heavy atom. The Bertz CT molecular complexity index is 1150.